The van der Waals surface area contributed by atoms with Gasteiger partial charge >= 0.3 is 5.97 Å². The van der Waals surface area contributed by atoms with Crippen LogP contribution in [0.15, 0.2) is 18.3 Å². The van der Waals surface area contributed by atoms with Gasteiger partial charge < -0.3 is 10.5 Å². The number of pyridine rings is 1. The molecule has 2 N–H and O–H groups in total. The maximum absolute atomic E-state index is 11.3. The molecule has 0 spiro atoms. The number of rotatable bonds is 3. The first-order chi connectivity index (χ1) is 8.02. The van der Waals surface area contributed by atoms with E-state index in [2.05, 4.69) is 23.6 Å². The third-order valence-corrected chi connectivity index (χ3v) is 3.83. The summed E-state index contributed by atoms with van der Waals surface area (Å²) in [5.41, 5.74) is 7.45. The Balaban J connectivity index is 2.18. The van der Waals surface area contributed by atoms with Crippen molar-refractivity contribution in [1.29, 1.82) is 0 Å². The number of aromatic nitrogens is 1. The average Bonchev–Trinajstić information content (AvgIpc) is 2.90. The number of carbonyl (C=O) groups is 1. The minimum absolute atomic E-state index is 0.217. The Kier molecular flexibility index (Phi) is 2.91. The van der Waals surface area contributed by atoms with Crippen LogP contribution >= 0.6 is 0 Å². The van der Waals surface area contributed by atoms with Gasteiger partial charge in [0.2, 0.25) is 0 Å². The van der Waals surface area contributed by atoms with Gasteiger partial charge in [-0.25, -0.2) is 4.79 Å². The Hall–Kier alpha value is -1.42. The van der Waals surface area contributed by atoms with Crippen LogP contribution in [0.25, 0.3) is 0 Å². The Morgan fingerprint density at radius 2 is 2.24 bits per heavy atom. The van der Waals surface area contributed by atoms with Gasteiger partial charge in [-0.3, -0.25) is 4.98 Å². The van der Waals surface area contributed by atoms with Crippen LogP contribution in [0.3, 0.4) is 0 Å². The molecular formula is C13H18N2O2. The van der Waals surface area contributed by atoms with Gasteiger partial charge in [0, 0.05) is 17.8 Å². The summed E-state index contributed by atoms with van der Waals surface area (Å²) in [6.45, 7) is 5.08. The van der Waals surface area contributed by atoms with Crippen molar-refractivity contribution in [3.8, 4) is 0 Å². The number of hydrogen-bond acceptors (Lipinski definition) is 4. The number of hydrogen-bond donors (Lipinski definition) is 1. The van der Waals surface area contributed by atoms with Gasteiger partial charge in [-0.2, -0.15) is 0 Å². The number of carbonyl (C=O) groups excluding carboxylic acids is 1. The lowest BCUT2D eigenvalue weighted by Crippen LogP contribution is -2.05. The van der Waals surface area contributed by atoms with Crippen LogP contribution in [-0.2, 0) is 4.74 Å². The van der Waals surface area contributed by atoms with Crippen molar-refractivity contribution in [1.82, 2.24) is 4.98 Å². The van der Waals surface area contributed by atoms with Gasteiger partial charge in [-0.1, -0.05) is 13.8 Å². The molecule has 0 unspecified atom stereocenters. The molecule has 1 aliphatic carbocycles. The molecule has 0 amide bonds. The van der Waals surface area contributed by atoms with Crippen molar-refractivity contribution < 1.29 is 9.53 Å². The monoisotopic (exact) mass is 234 g/mol. The van der Waals surface area contributed by atoms with Crippen LogP contribution in [0.5, 0.6) is 0 Å². The molecular weight excluding hydrogens is 216 g/mol. The normalized spacial score (nSPS) is 25.4. The quantitative estimate of drug-likeness (QED) is 0.806. The van der Waals surface area contributed by atoms with E-state index < -0.39 is 0 Å². The lowest BCUT2D eigenvalue weighted by Gasteiger charge is -2.03. The number of ether oxygens (including phenoxy) is 1. The van der Waals surface area contributed by atoms with E-state index in [9.17, 15) is 4.79 Å². The summed E-state index contributed by atoms with van der Waals surface area (Å²) in [6, 6.07) is 3.66. The number of methoxy groups -OCH3 is 1. The molecule has 1 saturated carbocycles. The summed E-state index contributed by atoms with van der Waals surface area (Å²) >= 11 is 0. The number of nitrogens with two attached hydrogens (primary N) is 1. The molecule has 1 heterocycles. The third-order valence-electron chi connectivity index (χ3n) is 3.83. The van der Waals surface area contributed by atoms with E-state index in [0.717, 1.165) is 5.69 Å². The first-order valence-electron chi connectivity index (χ1n) is 5.76. The minimum atomic E-state index is -0.352. The molecule has 1 aromatic rings. The average molecular weight is 234 g/mol. The van der Waals surface area contributed by atoms with Crippen molar-refractivity contribution in [2.75, 3.05) is 13.7 Å². The summed E-state index contributed by atoms with van der Waals surface area (Å²) in [7, 11) is 1.37. The zero-order valence-corrected chi connectivity index (χ0v) is 10.4. The van der Waals surface area contributed by atoms with Gasteiger partial charge in [0.15, 0.2) is 0 Å². The second-order valence-corrected chi connectivity index (χ2v) is 5.10. The highest BCUT2D eigenvalue weighted by Crippen LogP contribution is 2.63. The second kappa shape index (κ2) is 4.11. The van der Waals surface area contributed by atoms with Crippen LogP contribution in [0, 0.1) is 11.3 Å². The van der Waals surface area contributed by atoms with E-state index in [1.165, 1.54) is 7.11 Å². The predicted octanol–water partition coefficient (Wildman–Crippen LogP) is 1.57. The molecule has 0 aromatic carbocycles. The fraction of sp³-hybridized carbons (Fsp3) is 0.538. The van der Waals surface area contributed by atoms with E-state index in [1.807, 2.05) is 6.07 Å². The Morgan fingerprint density at radius 1 is 1.53 bits per heavy atom. The van der Waals surface area contributed by atoms with E-state index in [-0.39, 0.29) is 11.4 Å². The van der Waals surface area contributed by atoms with Gasteiger partial charge in [0.25, 0.3) is 0 Å². The lowest BCUT2D eigenvalue weighted by molar-refractivity contribution is 0.0600. The van der Waals surface area contributed by atoms with Crippen LogP contribution in [-0.4, -0.2) is 24.6 Å². The molecule has 0 saturated heterocycles. The molecule has 4 heteroatoms. The van der Waals surface area contributed by atoms with Gasteiger partial charge in [-0.15, -0.1) is 0 Å². The summed E-state index contributed by atoms with van der Waals surface area (Å²) in [6.07, 6.45) is 1.57. The molecule has 92 valence electrons. The minimum Gasteiger partial charge on any atom is -0.465 e. The van der Waals surface area contributed by atoms with Crippen molar-refractivity contribution in [3.63, 3.8) is 0 Å². The van der Waals surface area contributed by atoms with Crippen LogP contribution < -0.4 is 5.73 Å². The summed E-state index contributed by atoms with van der Waals surface area (Å²) in [5.74, 6) is 0.535. The molecule has 0 aliphatic heterocycles. The van der Waals surface area contributed by atoms with Crippen molar-refractivity contribution in [3.05, 3.63) is 29.6 Å². The summed E-state index contributed by atoms with van der Waals surface area (Å²) in [5, 5.41) is 0. The number of nitrogens with zero attached hydrogens (tertiary/aromatic N) is 1. The Bertz CT molecular complexity index is 426. The molecule has 2 atom stereocenters. The highest BCUT2D eigenvalue weighted by molar-refractivity contribution is 5.88. The maximum atomic E-state index is 11.3. The van der Waals surface area contributed by atoms with E-state index in [1.54, 1.807) is 12.3 Å². The van der Waals surface area contributed by atoms with E-state index in [0.29, 0.717) is 23.9 Å². The fourth-order valence-corrected chi connectivity index (χ4v) is 2.60. The van der Waals surface area contributed by atoms with E-state index >= 15 is 0 Å². The third kappa shape index (κ3) is 1.93. The first kappa shape index (κ1) is 12.0. The van der Waals surface area contributed by atoms with Crippen LogP contribution in [0.1, 0.15) is 35.8 Å². The van der Waals surface area contributed by atoms with Gasteiger partial charge in [0.1, 0.15) is 0 Å². The zero-order chi connectivity index (χ0) is 12.6. The van der Waals surface area contributed by atoms with Gasteiger partial charge in [-0.05, 0) is 30.0 Å². The molecule has 1 fully saturated rings. The first-order valence-corrected chi connectivity index (χ1v) is 5.76. The maximum Gasteiger partial charge on any atom is 0.339 e. The SMILES string of the molecule is COC(=O)c1ccc([C@H]2[C@H](CN)C2(C)C)nc1. The highest BCUT2D eigenvalue weighted by Gasteiger charge is 2.57. The number of esters is 1. The topological polar surface area (TPSA) is 65.2 Å². The Labute approximate surface area is 101 Å². The smallest absolute Gasteiger partial charge is 0.339 e. The highest BCUT2D eigenvalue weighted by atomic mass is 16.5. The second-order valence-electron chi connectivity index (χ2n) is 5.10. The Morgan fingerprint density at radius 3 is 2.65 bits per heavy atom. The van der Waals surface area contributed by atoms with Crippen molar-refractivity contribution in [2.24, 2.45) is 17.1 Å². The van der Waals surface area contributed by atoms with Crippen molar-refractivity contribution >= 4 is 5.97 Å². The van der Waals surface area contributed by atoms with Gasteiger partial charge in [0.05, 0.1) is 12.7 Å². The molecule has 0 bridgehead atoms. The largest absolute Gasteiger partial charge is 0.465 e. The fourth-order valence-electron chi connectivity index (χ4n) is 2.60. The lowest BCUT2D eigenvalue weighted by atomic mass is 10.1. The molecule has 1 aromatic heterocycles. The van der Waals surface area contributed by atoms with E-state index in [4.69, 9.17) is 5.73 Å². The van der Waals surface area contributed by atoms with Crippen LogP contribution in [0.4, 0.5) is 0 Å². The standard InChI is InChI=1S/C13H18N2O2/c1-13(2)9(6-14)11(13)10-5-4-8(7-15-10)12(16)17-3/h4-5,7,9,11H,6,14H2,1-3H3/t9-,11+/m0/s1. The summed E-state index contributed by atoms with van der Waals surface area (Å²) < 4.78 is 4.64. The molecule has 0 radical (unpaired) electrons. The summed E-state index contributed by atoms with van der Waals surface area (Å²) in [4.78, 5) is 15.6. The zero-order valence-electron chi connectivity index (χ0n) is 10.4. The molecule has 17 heavy (non-hydrogen) atoms. The molecule has 1 aliphatic rings. The predicted molar refractivity (Wildman–Crippen MR) is 64.6 cm³/mol. The van der Waals surface area contributed by atoms with Crippen LogP contribution in [0.2, 0.25) is 0 Å². The molecule has 2 rings (SSSR count). The van der Waals surface area contributed by atoms with Crippen molar-refractivity contribution in [2.45, 2.75) is 19.8 Å². The molecule has 4 nitrogen and oxygen atoms in total.